The van der Waals surface area contributed by atoms with Crippen LogP contribution in [0.2, 0.25) is 0 Å². The number of aromatic nitrogens is 1. The molecule has 2 rings (SSSR count). The highest BCUT2D eigenvalue weighted by molar-refractivity contribution is 5.33. The van der Waals surface area contributed by atoms with E-state index in [2.05, 4.69) is 10.4 Å². The van der Waals surface area contributed by atoms with E-state index in [9.17, 15) is 13.2 Å². The average Bonchev–Trinajstić information content (AvgIpc) is 2.48. The molecule has 0 spiro atoms. The predicted molar refractivity (Wildman–Crippen MR) is 71.4 cm³/mol. The third-order valence-corrected chi connectivity index (χ3v) is 3.03. The van der Waals surface area contributed by atoms with Crippen molar-refractivity contribution in [1.82, 2.24) is 10.4 Å². The second-order valence-corrected chi connectivity index (χ2v) is 4.34. The number of hydrazine groups is 1. The first-order chi connectivity index (χ1) is 9.95. The van der Waals surface area contributed by atoms with E-state index >= 15 is 0 Å². The fourth-order valence-corrected chi connectivity index (χ4v) is 1.89. The summed E-state index contributed by atoms with van der Waals surface area (Å²) in [5, 5.41) is 0. The number of nitrogens with zero attached hydrogens (tertiary/aromatic N) is 1. The largest absolute Gasteiger partial charge is 0.497 e. The smallest absolute Gasteiger partial charge is 0.417 e. The van der Waals surface area contributed by atoms with Gasteiger partial charge in [-0.15, -0.1) is 0 Å². The molecule has 4 nitrogen and oxygen atoms in total. The zero-order chi connectivity index (χ0) is 15.5. The van der Waals surface area contributed by atoms with Crippen molar-refractivity contribution in [2.24, 2.45) is 5.84 Å². The summed E-state index contributed by atoms with van der Waals surface area (Å²) in [4.78, 5) is 3.84. The van der Waals surface area contributed by atoms with Crippen molar-refractivity contribution < 1.29 is 17.9 Å². The third-order valence-electron chi connectivity index (χ3n) is 3.03. The van der Waals surface area contributed by atoms with Crippen LogP contribution < -0.4 is 16.0 Å². The number of nitrogens with one attached hydrogen (secondary N) is 1. The first kappa shape index (κ1) is 15.3. The maximum atomic E-state index is 12.5. The van der Waals surface area contributed by atoms with E-state index in [0.717, 1.165) is 17.8 Å². The minimum atomic E-state index is -4.41. The number of alkyl halides is 3. The highest BCUT2D eigenvalue weighted by Gasteiger charge is 2.31. The average molecular weight is 297 g/mol. The summed E-state index contributed by atoms with van der Waals surface area (Å²) in [5.74, 6) is 6.16. The van der Waals surface area contributed by atoms with Crippen LogP contribution in [-0.2, 0) is 6.18 Å². The molecule has 21 heavy (non-hydrogen) atoms. The molecule has 0 saturated carbocycles. The summed E-state index contributed by atoms with van der Waals surface area (Å²) in [7, 11) is 1.55. The number of rotatable bonds is 4. The Morgan fingerprint density at radius 1 is 1.14 bits per heavy atom. The Labute approximate surface area is 119 Å². The Balaban J connectivity index is 2.28. The van der Waals surface area contributed by atoms with Gasteiger partial charge in [0, 0.05) is 6.20 Å². The van der Waals surface area contributed by atoms with Gasteiger partial charge in [-0.05, 0) is 29.8 Å². The number of methoxy groups -OCH3 is 1. The Morgan fingerprint density at radius 2 is 1.81 bits per heavy atom. The van der Waals surface area contributed by atoms with Gasteiger partial charge in [-0.1, -0.05) is 12.1 Å². The molecule has 1 aromatic carbocycles. The molecule has 1 unspecified atom stereocenters. The molecule has 1 aromatic heterocycles. The molecule has 2 aromatic rings. The highest BCUT2D eigenvalue weighted by atomic mass is 19.4. The van der Waals surface area contributed by atoms with E-state index in [1.165, 1.54) is 6.07 Å². The summed E-state index contributed by atoms with van der Waals surface area (Å²) in [6, 6.07) is 8.80. The van der Waals surface area contributed by atoms with Crippen LogP contribution in [0, 0.1) is 0 Å². The van der Waals surface area contributed by atoms with Gasteiger partial charge in [-0.3, -0.25) is 10.8 Å². The number of hydrogen-bond donors (Lipinski definition) is 2. The number of benzene rings is 1. The Kier molecular flexibility index (Phi) is 4.44. The summed E-state index contributed by atoms with van der Waals surface area (Å²) in [5.41, 5.74) is 2.92. The second kappa shape index (κ2) is 6.11. The van der Waals surface area contributed by atoms with Crippen LogP contribution >= 0.6 is 0 Å². The van der Waals surface area contributed by atoms with E-state index in [0.29, 0.717) is 11.4 Å². The van der Waals surface area contributed by atoms with Crippen molar-refractivity contribution >= 4 is 0 Å². The van der Waals surface area contributed by atoms with Crippen LogP contribution in [0.3, 0.4) is 0 Å². The molecule has 0 aliphatic heterocycles. The molecule has 1 atom stereocenters. The monoisotopic (exact) mass is 297 g/mol. The lowest BCUT2D eigenvalue weighted by Gasteiger charge is -2.17. The summed E-state index contributed by atoms with van der Waals surface area (Å²) in [6.45, 7) is 0. The van der Waals surface area contributed by atoms with Gasteiger partial charge < -0.3 is 4.74 Å². The lowest BCUT2D eigenvalue weighted by molar-refractivity contribution is -0.137. The summed E-state index contributed by atoms with van der Waals surface area (Å²) < 4.78 is 42.6. The first-order valence-electron chi connectivity index (χ1n) is 6.09. The van der Waals surface area contributed by atoms with E-state index < -0.39 is 17.8 Å². The van der Waals surface area contributed by atoms with Crippen LogP contribution in [0.4, 0.5) is 13.2 Å². The normalized spacial score (nSPS) is 13.0. The van der Waals surface area contributed by atoms with Crippen molar-refractivity contribution in [2.75, 3.05) is 7.11 Å². The van der Waals surface area contributed by atoms with E-state index in [1.54, 1.807) is 31.4 Å². The van der Waals surface area contributed by atoms with Gasteiger partial charge in [0.2, 0.25) is 0 Å². The molecular formula is C14H14F3N3O. The van der Waals surface area contributed by atoms with Crippen molar-refractivity contribution in [2.45, 2.75) is 12.2 Å². The van der Waals surface area contributed by atoms with Gasteiger partial charge in [0.1, 0.15) is 5.75 Å². The highest BCUT2D eigenvalue weighted by Crippen LogP contribution is 2.30. The predicted octanol–water partition coefficient (Wildman–Crippen LogP) is 2.66. The minimum Gasteiger partial charge on any atom is -0.497 e. The maximum absolute atomic E-state index is 12.5. The Bertz CT molecular complexity index is 582. The second-order valence-electron chi connectivity index (χ2n) is 4.34. The molecule has 7 heteroatoms. The fraction of sp³-hybridized carbons (Fsp3) is 0.214. The number of hydrogen-bond acceptors (Lipinski definition) is 4. The molecule has 0 aliphatic rings. The van der Waals surface area contributed by atoms with Crippen molar-refractivity contribution in [3.05, 3.63) is 59.4 Å². The SMILES string of the molecule is COc1ccc(C(NN)c2ccc(C(F)(F)F)cn2)cc1. The molecular weight excluding hydrogens is 283 g/mol. The lowest BCUT2D eigenvalue weighted by atomic mass is 10.0. The molecule has 112 valence electrons. The summed E-state index contributed by atoms with van der Waals surface area (Å²) in [6.07, 6.45) is -3.61. The number of pyridine rings is 1. The molecule has 3 N–H and O–H groups in total. The molecule has 0 amide bonds. The van der Waals surface area contributed by atoms with Gasteiger partial charge >= 0.3 is 6.18 Å². The number of nitrogens with two attached hydrogens (primary N) is 1. The van der Waals surface area contributed by atoms with E-state index in [-0.39, 0.29) is 0 Å². The Morgan fingerprint density at radius 3 is 2.24 bits per heavy atom. The van der Waals surface area contributed by atoms with Crippen LogP contribution in [0.5, 0.6) is 5.75 Å². The van der Waals surface area contributed by atoms with Crippen molar-refractivity contribution in [3.8, 4) is 5.75 Å². The molecule has 1 heterocycles. The Hall–Kier alpha value is -2.12. The van der Waals surface area contributed by atoms with Gasteiger partial charge in [0.15, 0.2) is 0 Å². The zero-order valence-corrected chi connectivity index (χ0v) is 11.2. The summed E-state index contributed by atoms with van der Waals surface area (Å²) >= 11 is 0. The molecule has 0 radical (unpaired) electrons. The van der Waals surface area contributed by atoms with E-state index in [1.807, 2.05) is 0 Å². The van der Waals surface area contributed by atoms with Crippen LogP contribution in [0.25, 0.3) is 0 Å². The quantitative estimate of drug-likeness (QED) is 0.673. The number of halogens is 3. The molecule has 0 aliphatic carbocycles. The fourth-order valence-electron chi connectivity index (χ4n) is 1.89. The van der Waals surface area contributed by atoms with E-state index in [4.69, 9.17) is 10.6 Å². The van der Waals surface area contributed by atoms with Gasteiger partial charge in [0.05, 0.1) is 24.4 Å². The van der Waals surface area contributed by atoms with Crippen LogP contribution in [-0.4, -0.2) is 12.1 Å². The topological polar surface area (TPSA) is 60.2 Å². The standard InChI is InChI=1S/C14H14F3N3O/c1-21-11-5-2-9(3-6-11)13(20-18)12-7-4-10(8-19-12)14(15,16)17/h2-8,13,20H,18H2,1H3. The molecule has 0 saturated heterocycles. The van der Waals surface area contributed by atoms with Crippen LogP contribution in [0.15, 0.2) is 42.6 Å². The van der Waals surface area contributed by atoms with Crippen molar-refractivity contribution in [3.63, 3.8) is 0 Å². The molecule has 0 bridgehead atoms. The first-order valence-corrected chi connectivity index (χ1v) is 6.09. The number of ether oxygens (including phenoxy) is 1. The lowest BCUT2D eigenvalue weighted by Crippen LogP contribution is -2.29. The van der Waals surface area contributed by atoms with Gasteiger partial charge in [-0.2, -0.15) is 13.2 Å². The maximum Gasteiger partial charge on any atom is 0.417 e. The third kappa shape index (κ3) is 3.50. The molecule has 0 fully saturated rings. The van der Waals surface area contributed by atoms with Crippen molar-refractivity contribution in [1.29, 1.82) is 0 Å². The van der Waals surface area contributed by atoms with Gasteiger partial charge in [0.25, 0.3) is 0 Å². The zero-order valence-electron chi connectivity index (χ0n) is 11.2. The van der Waals surface area contributed by atoms with Gasteiger partial charge in [-0.25, -0.2) is 5.43 Å². The minimum absolute atomic E-state index is 0.399. The van der Waals surface area contributed by atoms with Crippen LogP contribution in [0.1, 0.15) is 22.9 Å².